The number of benzene rings is 1. The molecule has 0 radical (unpaired) electrons. The first-order valence-electron chi connectivity index (χ1n) is 7.67. The van der Waals surface area contributed by atoms with Gasteiger partial charge < -0.3 is 21.3 Å². The number of likely N-dealkylation sites (tertiary alicyclic amines) is 1. The van der Waals surface area contributed by atoms with Crippen molar-refractivity contribution in [3.63, 3.8) is 0 Å². The van der Waals surface area contributed by atoms with Crippen molar-refractivity contribution in [3.8, 4) is 0 Å². The van der Waals surface area contributed by atoms with Gasteiger partial charge in [-0.25, -0.2) is 4.79 Å². The first-order valence-corrected chi connectivity index (χ1v) is 7.67. The molecule has 0 aliphatic carbocycles. The fourth-order valence-corrected chi connectivity index (χ4v) is 2.58. The van der Waals surface area contributed by atoms with E-state index in [2.05, 4.69) is 10.6 Å². The molecule has 1 heterocycles. The Morgan fingerprint density at radius 3 is 2.65 bits per heavy atom. The van der Waals surface area contributed by atoms with Gasteiger partial charge in [0.25, 0.3) is 5.91 Å². The first-order chi connectivity index (χ1) is 10.5. The Balaban J connectivity index is 0.00000264. The lowest BCUT2D eigenvalue weighted by Crippen LogP contribution is -2.35. The molecule has 1 unspecified atom stereocenters. The summed E-state index contributed by atoms with van der Waals surface area (Å²) in [5.74, 6) is 0.310. The maximum absolute atomic E-state index is 12.6. The van der Waals surface area contributed by atoms with Crippen LogP contribution < -0.4 is 16.4 Å². The molecular weight excluding hydrogens is 316 g/mol. The molecule has 0 spiro atoms. The van der Waals surface area contributed by atoms with Gasteiger partial charge in [0.1, 0.15) is 0 Å². The van der Waals surface area contributed by atoms with Gasteiger partial charge in [-0.1, -0.05) is 12.1 Å². The average Bonchev–Trinajstić information content (AvgIpc) is 2.95. The van der Waals surface area contributed by atoms with Crippen LogP contribution in [0.4, 0.5) is 10.5 Å². The number of amides is 3. The molecule has 7 heteroatoms. The third-order valence-electron chi connectivity index (χ3n) is 3.73. The minimum absolute atomic E-state index is 0. The van der Waals surface area contributed by atoms with Crippen LogP contribution in [0.3, 0.4) is 0 Å². The second kappa shape index (κ2) is 8.74. The normalized spacial score (nSPS) is 16.9. The van der Waals surface area contributed by atoms with E-state index in [-0.39, 0.29) is 30.4 Å². The Labute approximate surface area is 143 Å². The Morgan fingerprint density at radius 2 is 2.04 bits per heavy atom. The van der Waals surface area contributed by atoms with E-state index < -0.39 is 0 Å². The molecule has 1 saturated heterocycles. The van der Waals surface area contributed by atoms with E-state index >= 15 is 0 Å². The molecule has 1 aromatic rings. The highest BCUT2D eigenvalue weighted by Crippen LogP contribution is 2.22. The number of nitrogens with two attached hydrogens (primary N) is 1. The standard InChI is InChI=1S/C16H24N4O2.ClH/c1-11(2)18-16(22)19-14-6-4-3-5-13(14)15(21)20-8-7-12(9-17)10-20;/h3-6,11-12H,7-10,17H2,1-2H3,(H2,18,19,22);1H. The van der Waals surface area contributed by atoms with Gasteiger partial charge in [0.2, 0.25) is 0 Å². The summed E-state index contributed by atoms with van der Waals surface area (Å²) in [4.78, 5) is 26.3. The van der Waals surface area contributed by atoms with Gasteiger partial charge in [0, 0.05) is 19.1 Å². The van der Waals surface area contributed by atoms with E-state index in [0.29, 0.717) is 36.8 Å². The molecule has 1 atom stereocenters. The topological polar surface area (TPSA) is 87.5 Å². The monoisotopic (exact) mass is 340 g/mol. The minimum Gasteiger partial charge on any atom is -0.338 e. The van der Waals surface area contributed by atoms with Crippen molar-refractivity contribution in [1.29, 1.82) is 0 Å². The summed E-state index contributed by atoms with van der Waals surface area (Å²) in [6, 6.07) is 6.81. The third kappa shape index (κ3) is 5.11. The lowest BCUT2D eigenvalue weighted by Gasteiger charge is -2.19. The minimum atomic E-state index is -0.309. The average molecular weight is 341 g/mol. The molecule has 1 aliphatic rings. The Morgan fingerprint density at radius 1 is 1.35 bits per heavy atom. The number of nitrogens with zero attached hydrogens (tertiary/aromatic N) is 1. The zero-order valence-electron chi connectivity index (χ0n) is 13.5. The van der Waals surface area contributed by atoms with Crippen molar-refractivity contribution in [2.45, 2.75) is 26.3 Å². The van der Waals surface area contributed by atoms with Crippen molar-refractivity contribution < 1.29 is 9.59 Å². The second-order valence-electron chi connectivity index (χ2n) is 5.94. The lowest BCUT2D eigenvalue weighted by atomic mass is 10.1. The Hall–Kier alpha value is -1.79. The second-order valence-corrected chi connectivity index (χ2v) is 5.94. The van der Waals surface area contributed by atoms with Crippen molar-refractivity contribution in [1.82, 2.24) is 10.2 Å². The maximum Gasteiger partial charge on any atom is 0.319 e. The predicted molar refractivity (Wildman–Crippen MR) is 94.0 cm³/mol. The van der Waals surface area contributed by atoms with E-state index in [1.807, 2.05) is 13.8 Å². The Kier molecular flexibility index (Phi) is 7.32. The fraction of sp³-hybridized carbons (Fsp3) is 0.500. The zero-order chi connectivity index (χ0) is 16.1. The SMILES string of the molecule is CC(C)NC(=O)Nc1ccccc1C(=O)N1CCC(CN)C1.Cl. The van der Waals surface area contributed by atoms with Gasteiger partial charge in [0.05, 0.1) is 11.3 Å². The molecule has 1 aromatic carbocycles. The molecule has 0 bridgehead atoms. The van der Waals surface area contributed by atoms with E-state index in [4.69, 9.17) is 5.73 Å². The summed E-state index contributed by atoms with van der Waals surface area (Å²) in [5.41, 5.74) is 6.72. The summed E-state index contributed by atoms with van der Waals surface area (Å²) in [7, 11) is 0. The van der Waals surface area contributed by atoms with Crippen LogP contribution in [-0.2, 0) is 0 Å². The molecule has 128 valence electrons. The molecule has 23 heavy (non-hydrogen) atoms. The number of anilines is 1. The number of carbonyl (C=O) groups excluding carboxylic acids is 2. The van der Waals surface area contributed by atoms with Gasteiger partial charge in [-0.2, -0.15) is 0 Å². The largest absolute Gasteiger partial charge is 0.338 e. The molecule has 0 saturated carbocycles. The highest BCUT2D eigenvalue weighted by Gasteiger charge is 2.27. The number of hydrogen-bond acceptors (Lipinski definition) is 3. The molecular formula is C16H25ClN4O2. The number of nitrogens with one attached hydrogen (secondary N) is 2. The summed E-state index contributed by atoms with van der Waals surface area (Å²) >= 11 is 0. The van der Waals surface area contributed by atoms with Gasteiger partial charge in [-0.05, 0) is 44.9 Å². The summed E-state index contributed by atoms with van der Waals surface area (Å²) in [6.45, 7) is 5.76. The van der Waals surface area contributed by atoms with Crippen LogP contribution in [0.5, 0.6) is 0 Å². The lowest BCUT2D eigenvalue weighted by molar-refractivity contribution is 0.0788. The third-order valence-corrected chi connectivity index (χ3v) is 3.73. The summed E-state index contributed by atoms with van der Waals surface area (Å²) < 4.78 is 0. The van der Waals surface area contributed by atoms with E-state index in [0.717, 1.165) is 6.42 Å². The van der Waals surface area contributed by atoms with Crippen LogP contribution in [0, 0.1) is 5.92 Å². The van der Waals surface area contributed by atoms with Crippen molar-refractivity contribution in [3.05, 3.63) is 29.8 Å². The zero-order valence-corrected chi connectivity index (χ0v) is 14.4. The quantitative estimate of drug-likeness (QED) is 0.784. The summed E-state index contributed by atoms with van der Waals surface area (Å²) in [5, 5.41) is 5.50. The molecule has 1 fully saturated rings. The number of halogens is 1. The van der Waals surface area contributed by atoms with Crippen LogP contribution in [0.2, 0.25) is 0 Å². The van der Waals surface area contributed by atoms with E-state index in [9.17, 15) is 9.59 Å². The van der Waals surface area contributed by atoms with Gasteiger partial charge in [-0.3, -0.25) is 4.79 Å². The number of hydrogen-bond donors (Lipinski definition) is 3. The maximum atomic E-state index is 12.6. The number of carbonyl (C=O) groups is 2. The van der Waals surface area contributed by atoms with Crippen molar-refractivity contribution in [2.75, 3.05) is 25.0 Å². The van der Waals surface area contributed by atoms with Crippen LogP contribution in [0.15, 0.2) is 24.3 Å². The van der Waals surface area contributed by atoms with Crippen LogP contribution in [-0.4, -0.2) is 42.5 Å². The van der Waals surface area contributed by atoms with Gasteiger partial charge in [-0.15, -0.1) is 12.4 Å². The van der Waals surface area contributed by atoms with Crippen LogP contribution in [0.1, 0.15) is 30.6 Å². The highest BCUT2D eigenvalue weighted by molar-refractivity contribution is 6.03. The van der Waals surface area contributed by atoms with Crippen LogP contribution in [0.25, 0.3) is 0 Å². The summed E-state index contributed by atoms with van der Waals surface area (Å²) in [6.07, 6.45) is 0.936. The van der Waals surface area contributed by atoms with E-state index in [1.165, 1.54) is 0 Å². The highest BCUT2D eigenvalue weighted by atomic mass is 35.5. The number of para-hydroxylation sites is 1. The molecule has 0 aromatic heterocycles. The smallest absolute Gasteiger partial charge is 0.319 e. The Bertz CT molecular complexity index is 551. The van der Waals surface area contributed by atoms with Crippen molar-refractivity contribution >= 4 is 30.0 Å². The first kappa shape index (κ1) is 19.3. The van der Waals surface area contributed by atoms with E-state index in [1.54, 1.807) is 29.2 Å². The van der Waals surface area contributed by atoms with Crippen molar-refractivity contribution in [2.24, 2.45) is 11.7 Å². The molecule has 1 aliphatic heterocycles. The molecule has 6 nitrogen and oxygen atoms in total. The number of urea groups is 1. The predicted octanol–water partition coefficient (Wildman–Crippen LogP) is 2.06. The number of rotatable bonds is 4. The molecule has 2 rings (SSSR count). The molecule has 3 amide bonds. The van der Waals surface area contributed by atoms with Gasteiger partial charge >= 0.3 is 6.03 Å². The fourth-order valence-electron chi connectivity index (χ4n) is 2.58. The molecule has 4 N–H and O–H groups in total. The van der Waals surface area contributed by atoms with Crippen LogP contribution >= 0.6 is 12.4 Å². The van der Waals surface area contributed by atoms with Gasteiger partial charge in [0.15, 0.2) is 0 Å².